The highest BCUT2D eigenvalue weighted by atomic mass is 79.9. The summed E-state index contributed by atoms with van der Waals surface area (Å²) >= 11 is 2.93. The van der Waals surface area contributed by atoms with Gasteiger partial charge in [-0.15, -0.1) is 0 Å². The number of methoxy groups -OCH3 is 1. The van der Waals surface area contributed by atoms with E-state index < -0.39 is 5.97 Å². The Bertz CT molecular complexity index is 134. The number of alkyl halides is 1. The number of esters is 1. The number of hydrogen-bond donors (Lipinski definition) is 1. The summed E-state index contributed by atoms with van der Waals surface area (Å²) in [6.45, 7) is 0. The van der Waals surface area contributed by atoms with Gasteiger partial charge in [0.05, 0.1) is 12.4 Å². The molecule has 0 aliphatic rings. The molecule has 4 nitrogen and oxygen atoms in total. The van der Waals surface area contributed by atoms with Crippen molar-refractivity contribution in [2.45, 2.75) is 0 Å². The van der Waals surface area contributed by atoms with E-state index in [4.69, 9.17) is 5.21 Å². The molecule has 0 fully saturated rings. The van der Waals surface area contributed by atoms with Gasteiger partial charge in [0.15, 0.2) is 5.71 Å². The van der Waals surface area contributed by atoms with Gasteiger partial charge in [-0.05, 0) is 0 Å². The van der Waals surface area contributed by atoms with E-state index in [1.165, 1.54) is 7.11 Å². The molecule has 0 rings (SSSR count). The maximum absolute atomic E-state index is 10.4. The van der Waals surface area contributed by atoms with Gasteiger partial charge >= 0.3 is 5.97 Å². The molecule has 0 atom stereocenters. The monoisotopic (exact) mass is 195 g/mol. The number of nitrogens with zero attached hydrogens (tertiary/aromatic N) is 1. The summed E-state index contributed by atoms with van der Waals surface area (Å²) in [5.74, 6) is -0.630. The molecule has 0 aliphatic carbocycles. The molecule has 0 aliphatic heterocycles. The normalized spacial score (nSPS) is 11.1. The third-order valence-electron chi connectivity index (χ3n) is 0.668. The first kappa shape index (κ1) is 8.42. The third-order valence-corrected chi connectivity index (χ3v) is 1.20. The van der Waals surface area contributed by atoms with Crippen LogP contribution in [0.3, 0.4) is 0 Å². The second kappa shape index (κ2) is 4.31. The van der Waals surface area contributed by atoms with Crippen molar-refractivity contribution in [3.8, 4) is 0 Å². The second-order valence-corrected chi connectivity index (χ2v) is 1.73. The van der Waals surface area contributed by atoms with Gasteiger partial charge in [-0.25, -0.2) is 4.79 Å². The van der Waals surface area contributed by atoms with Crippen LogP contribution in [-0.2, 0) is 9.53 Å². The number of ether oxygens (including phenoxy) is 1. The van der Waals surface area contributed by atoms with E-state index in [2.05, 4.69) is 25.8 Å². The molecule has 0 saturated carbocycles. The summed E-state index contributed by atoms with van der Waals surface area (Å²) < 4.78 is 4.23. The predicted molar refractivity (Wildman–Crippen MR) is 35.0 cm³/mol. The standard InChI is InChI=1S/C4H6BrNO3/c1-9-4(7)3(2-5)6-8/h8H,2H2,1H3. The van der Waals surface area contributed by atoms with E-state index in [1.54, 1.807) is 0 Å². The van der Waals surface area contributed by atoms with Gasteiger partial charge in [0.1, 0.15) is 0 Å². The molecular weight excluding hydrogens is 190 g/mol. The number of hydrogen-bond acceptors (Lipinski definition) is 4. The minimum atomic E-state index is -0.630. The molecule has 0 radical (unpaired) electrons. The maximum Gasteiger partial charge on any atom is 0.356 e. The van der Waals surface area contributed by atoms with Crippen molar-refractivity contribution >= 4 is 27.6 Å². The van der Waals surface area contributed by atoms with Gasteiger partial charge in [0.2, 0.25) is 0 Å². The quantitative estimate of drug-likeness (QED) is 0.228. The van der Waals surface area contributed by atoms with Crippen molar-refractivity contribution < 1.29 is 14.7 Å². The summed E-state index contributed by atoms with van der Waals surface area (Å²) in [5.41, 5.74) is -0.0440. The first-order valence-electron chi connectivity index (χ1n) is 2.11. The third kappa shape index (κ3) is 2.46. The molecule has 0 heterocycles. The number of carbonyl (C=O) groups excluding carboxylic acids is 1. The average Bonchev–Trinajstić information content (AvgIpc) is 1.90. The van der Waals surface area contributed by atoms with E-state index in [1.807, 2.05) is 0 Å². The summed E-state index contributed by atoms with van der Waals surface area (Å²) in [4.78, 5) is 10.4. The van der Waals surface area contributed by atoms with E-state index in [9.17, 15) is 4.79 Å². The zero-order valence-electron chi connectivity index (χ0n) is 4.80. The Morgan fingerprint density at radius 2 is 2.44 bits per heavy atom. The second-order valence-electron chi connectivity index (χ2n) is 1.17. The average molecular weight is 196 g/mol. The lowest BCUT2D eigenvalue weighted by Gasteiger charge is -1.94. The van der Waals surface area contributed by atoms with Crippen LogP contribution in [0, 0.1) is 0 Å². The van der Waals surface area contributed by atoms with Gasteiger partial charge in [-0.1, -0.05) is 21.1 Å². The van der Waals surface area contributed by atoms with Crippen LogP contribution in [0.25, 0.3) is 0 Å². The van der Waals surface area contributed by atoms with Crippen LogP contribution in [-0.4, -0.2) is 29.3 Å². The van der Waals surface area contributed by atoms with Crippen molar-refractivity contribution in [2.75, 3.05) is 12.4 Å². The molecule has 0 spiro atoms. The zero-order valence-corrected chi connectivity index (χ0v) is 6.38. The number of oxime groups is 1. The predicted octanol–water partition coefficient (Wildman–Crippen LogP) is 0.384. The van der Waals surface area contributed by atoms with Crippen LogP contribution in [0.15, 0.2) is 5.16 Å². The molecule has 0 amide bonds. The highest BCUT2D eigenvalue weighted by Gasteiger charge is 2.08. The maximum atomic E-state index is 10.4. The van der Waals surface area contributed by atoms with Gasteiger partial charge < -0.3 is 9.94 Å². The minimum absolute atomic E-state index is 0.0440. The molecule has 9 heavy (non-hydrogen) atoms. The minimum Gasteiger partial charge on any atom is -0.464 e. The number of rotatable bonds is 2. The van der Waals surface area contributed by atoms with Crippen LogP contribution < -0.4 is 0 Å². The molecule has 0 saturated heterocycles. The number of halogens is 1. The summed E-state index contributed by atoms with van der Waals surface area (Å²) in [6, 6.07) is 0. The molecule has 0 aromatic carbocycles. The van der Waals surface area contributed by atoms with Crippen LogP contribution in [0.1, 0.15) is 0 Å². The fourth-order valence-electron chi connectivity index (χ4n) is 0.240. The van der Waals surface area contributed by atoms with Crippen molar-refractivity contribution in [3.63, 3.8) is 0 Å². The van der Waals surface area contributed by atoms with Crippen LogP contribution >= 0.6 is 15.9 Å². The molecule has 1 N–H and O–H groups in total. The molecular formula is C4H6BrNO3. The van der Waals surface area contributed by atoms with Crippen molar-refractivity contribution in [1.82, 2.24) is 0 Å². The van der Waals surface area contributed by atoms with Crippen LogP contribution in [0.4, 0.5) is 0 Å². The largest absolute Gasteiger partial charge is 0.464 e. The summed E-state index contributed by atoms with van der Waals surface area (Å²) in [6.07, 6.45) is 0. The van der Waals surface area contributed by atoms with Crippen molar-refractivity contribution in [1.29, 1.82) is 0 Å². The molecule has 0 bridgehead atoms. The van der Waals surface area contributed by atoms with Crippen LogP contribution in [0.2, 0.25) is 0 Å². The molecule has 5 heteroatoms. The summed E-state index contributed by atoms with van der Waals surface area (Å²) in [5, 5.41) is 10.9. The molecule has 0 aromatic heterocycles. The Morgan fingerprint density at radius 3 is 2.56 bits per heavy atom. The lowest BCUT2D eigenvalue weighted by Crippen LogP contribution is -2.16. The zero-order chi connectivity index (χ0) is 7.28. The van der Waals surface area contributed by atoms with Gasteiger partial charge in [-0.2, -0.15) is 0 Å². The fraction of sp³-hybridized carbons (Fsp3) is 0.500. The van der Waals surface area contributed by atoms with Crippen LogP contribution in [0.5, 0.6) is 0 Å². The van der Waals surface area contributed by atoms with E-state index in [0.717, 1.165) is 0 Å². The van der Waals surface area contributed by atoms with Crippen molar-refractivity contribution in [3.05, 3.63) is 0 Å². The van der Waals surface area contributed by atoms with E-state index in [-0.39, 0.29) is 11.0 Å². The van der Waals surface area contributed by atoms with E-state index >= 15 is 0 Å². The van der Waals surface area contributed by atoms with Gasteiger partial charge in [0, 0.05) is 0 Å². The Labute approximate surface area is 60.6 Å². The Kier molecular flexibility index (Phi) is 4.04. The first-order valence-corrected chi connectivity index (χ1v) is 3.23. The first-order chi connectivity index (χ1) is 4.26. The Balaban J connectivity index is 3.97. The topological polar surface area (TPSA) is 58.9 Å². The number of carbonyl (C=O) groups is 1. The fourth-order valence-corrected chi connectivity index (χ4v) is 0.581. The smallest absolute Gasteiger partial charge is 0.356 e. The lowest BCUT2D eigenvalue weighted by atomic mass is 10.4. The van der Waals surface area contributed by atoms with E-state index in [0.29, 0.717) is 0 Å². The highest BCUT2D eigenvalue weighted by Crippen LogP contribution is 1.87. The summed E-state index contributed by atoms with van der Waals surface area (Å²) in [7, 11) is 1.22. The van der Waals surface area contributed by atoms with Gasteiger partial charge in [0.25, 0.3) is 0 Å². The Hall–Kier alpha value is -0.580. The molecule has 0 aromatic rings. The SMILES string of the molecule is COC(=O)C(CBr)=NO. The lowest BCUT2D eigenvalue weighted by molar-refractivity contribution is -0.132. The highest BCUT2D eigenvalue weighted by molar-refractivity contribution is 9.09. The molecule has 0 unspecified atom stereocenters. The van der Waals surface area contributed by atoms with Crippen molar-refractivity contribution in [2.24, 2.45) is 5.16 Å². The Morgan fingerprint density at radius 1 is 1.89 bits per heavy atom. The molecule has 52 valence electrons. The van der Waals surface area contributed by atoms with Gasteiger partial charge in [-0.3, -0.25) is 0 Å².